The topological polar surface area (TPSA) is 108 Å². The first-order chi connectivity index (χ1) is 16.7. The summed E-state index contributed by atoms with van der Waals surface area (Å²) in [5.74, 6) is -0.622. The monoisotopic (exact) mass is 480 g/mol. The van der Waals surface area contributed by atoms with Gasteiger partial charge >= 0.3 is 11.9 Å². The van der Waals surface area contributed by atoms with Crippen LogP contribution in [0.5, 0.6) is 11.8 Å². The molecule has 0 amide bonds. The zero-order valence-corrected chi connectivity index (χ0v) is 20.5. The average molecular weight is 481 g/mol. The highest BCUT2D eigenvalue weighted by Crippen LogP contribution is 2.21. The second kappa shape index (κ2) is 13.1. The van der Waals surface area contributed by atoms with Gasteiger partial charge in [-0.3, -0.25) is 0 Å². The van der Waals surface area contributed by atoms with Crippen LogP contribution >= 0.6 is 0 Å². The number of hydrogen-bond donors (Lipinski definition) is 1. The number of carboxylic acid groups (broad SMARTS) is 1. The van der Waals surface area contributed by atoms with E-state index in [4.69, 9.17) is 19.3 Å². The van der Waals surface area contributed by atoms with Crippen LogP contribution in [0.4, 0.5) is 0 Å². The van der Waals surface area contributed by atoms with Crippen molar-refractivity contribution in [1.29, 1.82) is 0 Å². The van der Waals surface area contributed by atoms with Crippen LogP contribution in [0.1, 0.15) is 46.1 Å². The Kier molecular flexibility index (Phi) is 10.2. The summed E-state index contributed by atoms with van der Waals surface area (Å²) in [5.41, 5.74) is -1.29. The Bertz CT molecular complexity index is 1050. The zero-order chi connectivity index (χ0) is 25.7. The van der Waals surface area contributed by atoms with Crippen molar-refractivity contribution in [3.63, 3.8) is 0 Å². The molecule has 0 aliphatic heterocycles. The van der Waals surface area contributed by atoms with Crippen LogP contribution in [0.25, 0.3) is 0 Å². The van der Waals surface area contributed by atoms with Crippen LogP contribution in [0.2, 0.25) is 0 Å². The molecule has 0 aliphatic carbocycles. The molecule has 3 aromatic rings. The van der Waals surface area contributed by atoms with Gasteiger partial charge in [-0.05, 0) is 44.4 Å². The normalized spacial score (nSPS) is 13.7. The van der Waals surface area contributed by atoms with Gasteiger partial charge in [0.25, 0.3) is 0 Å². The molecule has 2 atom stereocenters. The molecule has 1 N–H and O–H groups in total. The first-order valence-electron chi connectivity index (χ1n) is 11.4. The molecule has 186 valence electrons. The highest BCUT2D eigenvalue weighted by Gasteiger charge is 2.36. The van der Waals surface area contributed by atoms with Gasteiger partial charge in [0.05, 0.1) is 0 Å². The predicted octanol–water partition coefficient (Wildman–Crippen LogP) is 5.09. The van der Waals surface area contributed by atoms with E-state index in [1.807, 2.05) is 43.3 Å². The first-order valence-corrected chi connectivity index (χ1v) is 11.4. The number of carbonyl (C=O) groups excluding carboxylic acids is 1. The Labute approximate surface area is 205 Å². The lowest BCUT2D eigenvalue weighted by Crippen LogP contribution is -2.42. The lowest BCUT2D eigenvalue weighted by Gasteiger charge is -2.26. The second-order valence-corrected chi connectivity index (χ2v) is 8.08. The molecule has 0 saturated carbocycles. The van der Waals surface area contributed by atoms with Gasteiger partial charge in [-0.15, -0.1) is 0 Å². The molecule has 0 radical (unpaired) electrons. The van der Waals surface area contributed by atoms with Gasteiger partial charge in [-0.2, -0.15) is 0 Å². The molecule has 2 unspecified atom stereocenters. The highest BCUT2D eigenvalue weighted by atomic mass is 16.6. The predicted molar refractivity (Wildman–Crippen MR) is 131 cm³/mol. The third kappa shape index (κ3) is 8.41. The molecule has 8 nitrogen and oxygen atoms in total. The number of esters is 1. The molecule has 35 heavy (non-hydrogen) atoms. The van der Waals surface area contributed by atoms with Crippen molar-refractivity contribution < 1.29 is 28.9 Å². The van der Waals surface area contributed by atoms with Gasteiger partial charge in [0.15, 0.2) is 0 Å². The van der Waals surface area contributed by atoms with Crippen LogP contribution in [0, 0.1) is 0 Å². The van der Waals surface area contributed by atoms with Crippen molar-refractivity contribution in [3.8, 4) is 11.8 Å². The number of ether oxygens (including phenoxy) is 3. The SMILES string of the molecule is CCC(C)(Oc1ccccn1)C(=O)O.CCC(C)(Oc1ccccn1)C(=O)OCc1ccccc1. The number of carboxylic acids is 1. The summed E-state index contributed by atoms with van der Waals surface area (Å²) in [6.45, 7) is 7.13. The summed E-state index contributed by atoms with van der Waals surface area (Å²) in [5, 5.41) is 8.94. The number of aliphatic carboxylic acids is 1. The Balaban J connectivity index is 0.000000269. The van der Waals surface area contributed by atoms with Crippen molar-refractivity contribution in [1.82, 2.24) is 9.97 Å². The van der Waals surface area contributed by atoms with Crippen molar-refractivity contribution in [3.05, 3.63) is 84.7 Å². The molecule has 0 spiro atoms. The molecule has 0 aliphatic rings. The van der Waals surface area contributed by atoms with E-state index in [0.717, 1.165) is 5.56 Å². The minimum Gasteiger partial charge on any atom is -0.478 e. The van der Waals surface area contributed by atoms with E-state index >= 15 is 0 Å². The van der Waals surface area contributed by atoms with Crippen molar-refractivity contribution in [2.75, 3.05) is 0 Å². The van der Waals surface area contributed by atoms with E-state index in [0.29, 0.717) is 24.6 Å². The number of aromatic nitrogens is 2. The van der Waals surface area contributed by atoms with Crippen LogP contribution in [0.15, 0.2) is 79.1 Å². The van der Waals surface area contributed by atoms with Gasteiger partial charge in [0.1, 0.15) is 6.61 Å². The molecule has 3 rings (SSSR count). The molecular weight excluding hydrogens is 448 g/mol. The minimum atomic E-state index is -1.20. The second-order valence-electron chi connectivity index (χ2n) is 8.08. The van der Waals surface area contributed by atoms with Crippen LogP contribution in [0.3, 0.4) is 0 Å². The fourth-order valence-corrected chi connectivity index (χ4v) is 2.68. The van der Waals surface area contributed by atoms with Gasteiger partial charge in [-0.1, -0.05) is 56.3 Å². The van der Waals surface area contributed by atoms with E-state index in [1.165, 1.54) is 6.92 Å². The molecule has 0 saturated heterocycles. The Morgan fingerprint density at radius 3 is 1.69 bits per heavy atom. The lowest BCUT2D eigenvalue weighted by molar-refractivity contribution is -0.162. The van der Waals surface area contributed by atoms with Gasteiger partial charge in [0, 0.05) is 24.5 Å². The average Bonchev–Trinajstić information content (AvgIpc) is 2.89. The fraction of sp³-hybridized carbons (Fsp3) is 0.333. The fourth-order valence-electron chi connectivity index (χ4n) is 2.68. The molecule has 0 bridgehead atoms. The molecule has 1 aromatic carbocycles. The Hall–Kier alpha value is -3.94. The number of pyridine rings is 2. The van der Waals surface area contributed by atoms with Crippen molar-refractivity contribution in [2.24, 2.45) is 0 Å². The van der Waals surface area contributed by atoms with E-state index in [-0.39, 0.29) is 12.6 Å². The summed E-state index contributed by atoms with van der Waals surface area (Å²) in [7, 11) is 0. The van der Waals surface area contributed by atoms with E-state index < -0.39 is 17.2 Å². The third-order valence-electron chi connectivity index (χ3n) is 5.38. The summed E-state index contributed by atoms with van der Waals surface area (Å²) in [6, 6.07) is 20.0. The number of rotatable bonds is 10. The maximum Gasteiger partial charge on any atom is 0.350 e. The van der Waals surface area contributed by atoms with E-state index in [9.17, 15) is 9.59 Å². The van der Waals surface area contributed by atoms with Crippen LogP contribution in [-0.2, 0) is 20.9 Å². The molecule has 2 aromatic heterocycles. The first kappa shape index (κ1) is 27.3. The summed E-state index contributed by atoms with van der Waals surface area (Å²) in [6.07, 6.45) is 4.07. The minimum absolute atomic E-state index is 0.237. The van der Waals surface area contributed by atoms with E-state index in [2.05, 4.69) is 9.97 Å². The highest BCUT2D eigenvalue weighted by molar-refractivity contribution is 5.79. The summed E-state index contributed by atoms with van der Waals surface area (Å²) >= 11 is 0. The molecule has 0 fully saturated rings. The van der Waals surface area contributed by atoms with E-state index in [1.54, 1.807) is 56.6 Å². The smallest absolute Gasteiger partial charge is 0.350 e. The zero-order valence-electron chi connectivity index (χ0n) is 20.5. The molecule has 2 heterocycles. The summed E-state index contributed by atoms with van der Waals surface area (Å²) in [4.78, 5) is 31.2. The van der Waals surface area contributed by atoms with Crippen molar-refractivity contribution in [2.45, 2.75) is 58.3 Å². The largest absolute Gasteiger partial charge is 0.478 e. The maximum absolute atomic E-state index is 12.3. The van der Waals surface area contributed by atoms with Crippen molar-refractivity contribution >= 4 is 11.9 Å². The Morgan fingerprint density at radius 1 is 0.771 bits per heavy atom. The van der Waals surface area contributed by atoms with Gasteiger partial charge < -0.3 is 19.3 Å². The van der Waals surface area contributed by atoms with Gasteiger partial charge in [-0.25, -0.2) is 19.6 Å². The van der Waals surface area contributed by atoms with Crippen LogP contribution < -0.4 is 9.47 Å². The number of nitrogens with zero attached hydrogens (tertiary/aromatic N) is 2. The number of carbonyl (C=O) groups is 2. The lowest BCUT2D eigenvalue weighted by atomic mass is 10.0. The molecular formula is C27H32N2O6. The number of hydrogen-bond acceptors (Lipinski definition) is 7. The van der Waals surface area contributed by atoms with Gasteiger partial charge in [0.2, 0.25) is 23.0 Å². The standard InChI is InChI=1S/C17H19NO3.C10H13NO3/c1-3-17(2,21-15-11-7-8-12-18-15)16(19)20-13-14-9-5-4-6-10-14;1-3-10(2,9(12)13)14-8-6-4-5-7-11-8/h4-12H,3,13H2,1-2H3;4-7H,3H2,1-2H3,(H,12,13). The number of benzene rings is 1. The summed E-state index contributed by atoms with van der Waals surface area (Å²) < 4.78 is 16.4. The third-order valence-corrected chi connectivity index (χ3v) is 5.38. The maximum atomic E-state index is 12.3. The molecule has 8 heteroatoms. The Morgan fingerprint density at radius 2 is 1.26 bits per heavy atom. The quantitative estimate of drug-likeness (QED) is 0.400. The van der Waals surface area contributed by atoms with Crippen LogP contribution in [-0.4, -0.2) is 38.2 Å².